The summed E-state index contributed by atoms with van der Waals surface area (Å²) in [6, 6.07) is 8.73. The van der Waals surface area contributed by atoms with Crippen molar-refractivity contribution in [3.8, 4) is 11.5 Å². The minimum Gasteiger partial charge on any atom is -0.507 e. The second kappa shape index (κ2) is 9.35. The summed E-state index contributed by atoms with van der Waals surface area (Å²) in [6.07, 6.45) is 12.9. The first-order valence-corrected chi connectivity index (χ1v) is 13.4. The van der Waals surface area contributed by atoms with Crippen LogP contribution in [0.3, 0.4) is 0 Å². The molecule has 0 amide bonds. The summed E-state index contributed by atoms with van der Waals surface area (Å²) in [7, 11) is 0. The Hall–Kier alpha value is -1.96. The molecule has 2 saturated carbocycles. The van der Waals surface area contributed by atoms with Gasteiger partial charge in [-0.1, -0.05) is 94.7 Å². The van der Waals surface area contributed by atoms with E-state index >= 15 is 0 Å². The zero-order chi connectivity index (χ0) is 23.8. The summed E-state index contributed by atoms with van der Waals surface area (Å²) in [5, 5.41) is 23.3. The Bertz CT molecular complexity index is 911. The third-order valence-electron chi connectivity index (χ3n) is 8.94. The zero-order valence-electron chi connectivity index (χ0n) is 21.6. The normalized spacial score (nSPS) is 20.2. The van der Waals surface area contributed by atoms with E-state index in [1.165, 1.54) is 49.7 Å². The van der Waals surface area contributed by atoms with Crippen molar-refractivity contribution in [3.05, 3.63) is 57.6 Å². The van der Waals surface area contributed by atoms with Gasteiger partial charge in [-0.2, -0.15) is 0 Å². The lowest BCUT2D eigenvalue weighted by atomic mass is 9.68. The minimum atomic E-state index is -0.0123. The molecule has 2 aromatic carbocycles. The maximum Gasteiger partial charge on any atom is 0.123 e. The lowest BCUT2D eigenvalue weighted by Gasteiger charge is -2.37. The molecule has 0 saturated heterocycles. The van der Waals surface area contributed by atoms with Gasteiger partial charge in [-0.15, -0.1) is 0 Å². The topological polar surface area (TPSA) is 40.5 Å². The highest BCUT2D eigenvalue weighted by Crippen LogP contribution is 2.50. The van der Waals surface area contributed by atoms with Gasteiger partial charge < -0.3 is 10.2 Å². The Morgan fingerprint density at radius 3 is 1.36 bits per heavy atom. The van der Waals surface area contributed by atoms with Gasteiger partial charge in [-0.3, -0.25) is 0 Å². The van der Waals surface area contributed by atoms with Gasteiger partial charge in [0.1, 0.15) is 11.5 Å². The molecule has 0 heterocycles. The number of hydrogen-bond donors (Lipinski definition) is 2. The monoisotopic (exact) mass is 448 g/mol. The fraction of sp³-hybridized carbons (Fsp3) is 0.613. The molecule has 0 spiro atoms. The van der Waals surface area contributed by atoms with Gasteiger partial charge in [0, 0.05) is 28.2 Å². The molecule has 0 bridgehead atoms. The number of benzene rings is 2. The first-order chi connectivity index (χ1) is 15.7. The predicted molar refractivity (Wildman–Crippen MR) is 139 cm³/mol. The second-order valence-electron chi connectivity index (χ2n) is 11.7. The van der Waals surface area contributed by atoms with Crippen LogP contribution in [0.25, 0.3) is 0 Å². The third-order valence-corrected chi connectivity index (χ3v) is 8.94. The van der Waals surface area contributed by atoms with Crippen LogP contribution in [-0.2, 0) is 10.8 Å². The van der Waals surface area contributed by atoms with E-state index in [-0.39, 0.29) is 16.7 Å². The van der Waals surface area contributed by atoms with Crippen molar-refractivity contribution in [1.82, 2.24) is 0 Å². The molecule has 0 radical (unpaired) electrons. The van der Waals surface area contributed by atoms with Crippen LogP contribution in [0.1, 0.15) is 131 Å². The van der Waals surface area contributed by atoms with E-state index in [2.05, 4.69) is 58.9 Å². The SMILES string of the molecule is CCC(c1cc(C)cc(C2(C)CCCCC2)c1O)c1cc(C)cc(C2(C)CCCCC2)c1O. The first-order valence-electron chi connectivity index (χ1n) is 13.4. The molecular weight excluding hydrogens is 404 g/mol. The second-order valence-corrected chi connectivity index (χ2v) is 11.7. The van der Waals surface area contributed by atoms with Crippen LogP contribution in [0.15, 0.2) is 24.3 Å². The summed E-state index contributed by atoms with van der Waals surface area (Å²) in [4.78, 5) is 0. The van der Waals surface area contributed by atoms with E-state index in [0.29, 0.717) is 11.5 Å². The van der Waals surface area contributed by atoms with E-state index in [0.717, 1.165) is 54.4 Å². The molecule has 2 heteroatoms. The maximum absolute atomic E-state index is 11.6. The summed E-state index contributed by atoms with van der Waals surface area (Å²) >= 11 is 0. The van der Waals surface area contributed by atoms with Gasteiger partial charge in [0.2, 0.25) is 0 Å². The largest absolute Gasteiger partial charge is 0.507 e. The van der Waals surface area contributed by atoms with Crippen molar-refractivity contribution in [2.24, 2.45) is 0 Å². The standard InChI is InChI=1S/C31H44O2/c1-6-23(24-17-21(2)19-26(28(24)32)30(4)13-9-7-10-14-30)25-18-22(3)20-27(29(25)33)31(5)15-11-8-12-16-31/h17-20,23,32-33H,6-16H2,1-5H3. The van der Waals surface area contributed by atoms with Crippen molar-refractivity contribution in [2.75, 3.05) is 0 Å². The highest BCUT2D eigenvalue weighted by Gasteiger charge is 2.36. The Kier molecular flexibility index (Phi) is 6.85. The van der Waals surface area contributed by atoms with Crippen molar-refractivity contribution in [2.45, 2.75) is 122 Å². The molecule has 0 atom stereocenters. The summed E-state index contributed by atoms with van der Waals surface area (Å²) in [6.45, 7) is 11.1. The third kappa shape index (κ3) is 4.55. The highest BCUT2D eigenvalue weighted by atomic mass is 16.3. The molecule has 4 rings (SSSR count). The molecule has 2 nitrogen and oxygen atoms in total. The van der Waals surface area contributed by atoms with E-state index in [9.17, 15) is 10.2 Å². The molecule has 0 aliphatic heterocycles. The molecule has 2 fully saturated rings. The van der Waals surface area contributed by atoms with Crippen LogP contribution in [0.4, 0.5) is 0 Å². The Labute approximate surface area is 201 Å². The van der Waals surface area contributed by atoms with Gasteiger partial charge in [-0.05, 0) is 56.8 Å². The number of hydrogen-bond acceptors (Lipinski definition) is 2. The summed E-state index contributed by atoms with van der Waals surface area (Å²) in [5.41, 5.74) is 6.68. The fourth-order valence-corrected chi connectivity index (χ4v) is 6.88. The lowest BCUT2D eigenvalue weighted by Crippen LogP contribution is -2.26. The average molecular weight is 449 g/mol. The number of phenolic OH excluding ortho intramolecular Hbond substituents is 2. The van der Waals surface area contributed by atoms with Crippen molar-refractivity contribution in [1.29, 1.82) is 0 Å². The summed E-state index contributed by atoms with van der Waals surface area (Å²) in [5.74, 6) is 0.910. The number of aromatic hydroxyl groups is 2. The van der Waals surface area contributed by atoms with Crippen LogP contribution in [0, 0.1) is 13.8 Å². The number of aryl methyl sites for hydroxylation is 2. The Morgan fingerprint density at radius 2 is 1.03 bits per heavy atom. The Morgan fingerprint density at radius 1 is 0.667 bits per heavy atom. The molecule has 2 aromatic rings. The molecular formula is C31H44O2. The van der Waals surface area contributed by atoms with Crippen LogP contribution in [0.5, 0.6) is 11.5 Å². The van der Waals surface area contributed by atoms with Gasteiger partial charge in [0.25, 0.3) is 0 Å². The van der Waals surface area contributed by atoms with E-state index in [1.807, 2.05) is 0 Å². The maximum atomic E-state index is 11.6. The van der Waals surface area contributed by atoms with Crippen molar-refractivity contribution >= 4 is 0 Å². The molecule has 0 unspecified atom stereocenters. The highest BCUT2D eigenvalue weighted by molar-refractivity contribution is 5.56. The van der Waals surface area contributed by atoms with E-state index in [1.54, 1.807) is 0 Å². The lowest BCUT2D eigenvalue weighted by molar-refractivity contribution is 0.305. The smallest absolute Gasteiger partial charge is 0.123 e. The van der Waals surface area contributed by atoms with E-state index in [4.69, 9.17) is 0 Å². The minimum absolute atomic E-state index is 0.0123. The summed E-state index contributed by atoms with van der Waals surface area (Å²) < 4.78 is 0. The molecule has 2 aliphatic rings. The fourth-order valence-electron chi connectivity index (χ4n) is 6.88. The van der Waals surface area contributed by atoms with Gasteiger partial charge in [-0.25, -0.2) is 0 Å². The van der Waals surface area contributed by atoms with Crippen molar-refractivity contribution < 1.29 is 10.2 Å². The van der Waals surface area contributed by atoms with Gasteiger partial charge in [0.15, 0.2) is 0 Å². The number of rotatable bonds is 5. The van der Waals surface area contributed by atoms with Crippen LogP contribution in [0.2, 0.25) is 0 Å². The van der Waals surface area contributed by atoms with Crippen LogP contribution >= 0.6 is 0 Å². The first kappa shape index (κ1) is 24.2. The molecule has 2 aliphatic carbocycles. The predicted octanol–water partition coefficient (Wildman–Crippen LogP) is 8.70. The van der Waals surface area contributed by atoms with Gasteiger partial charge in [0.05, 0.1) is 0 Å². The average Bonchev–Trinajstić information content (AvgIpc) is 2.79. The number of phenols is 2. The molecule has 33 heavy (non-hydrogen) atoms. The Balaban J connectivity index is 1.83. The van der Waals surface area contributed by atoms with E-state index < -0.39 is 0 Å². The van der Waals surface area contributed by atoms with Gasteiger partial charge >= 0.3 is 0 Å². The molecule has 2 N–H and O–H groups in total. The quantitative estimate of drug-likeness (QED) is 0.480. The van der Waals surface area contributed by atoms with Crippen molar-refractivity contribution in [3.63, 3.8) is 0 Å². The molecule has 180 valence electrons. The van der Waals surface area contributed by atoms with Crippen LogP contribution in [-0.4, -0.2) is 10.2 Å². The van der Waals surface area contributed by atoms with Crippen LogP contribution < -0.4 is 0 Å². The zero-order valence-corrected chi connectivity index (χ0v) is 21.6. The molecule has 0 aromatic heterocycles.